The predicted molar refractivity (Wildman–Crippen MR) is 73.0 cm³/mol. The van der Waals surface area contributed by atoms with Gasteiger partial charge in [0.25, 0.3) is 0 Å². The fourth-order valence-electron chi connectivity index (χ4n) is 2.50. The van der Waals surface area contributed by atoms with E-state index in [2.05, 4.69) is 20.2 Å². The first-order valence-corrected chi connectivity index (χ1v) is 7.15. The highest BCUT2D eigenvalue weighted by Gasteiger charge is 2.27. The van der Waals surface area contributed by atoms with Gasteiger partial charge in [-0.1, -0.05) is 11.6 Å². The highest BCUT2D eigenvalue weighted by molar-refractivity contribution is 6.30. The lowest BCUT2D eigenvalue weighted by Gasteiger charge is -2.25. The maximum Gasteiger partial charge on any atom is 0.225 e. The van der Waals surface area contributed by atoms with Crippen LogP contribution in [0.5, 0.6) is 0 Å². The zero-order valence-corrected chi connectivity index (χ0v) is 11.2. The molecule has 1 aromatic heterocycles. The van der Waals surface area contributed by atoms with Gasteiger partial charge < -0.3 is 10.2 Å². The molecule has 0 radical (unpaired) electrons. The number of anilines is 1. The first-order chi connectivity index (χ1) is 8.81. The van der Waals surface area contributed by atoms with Crippen LogP contribution in [0.1, 0.15) is 25.7 Å². The Morgan fingerprint density at radius 2 is 2.00 bits per heavy atom. The normalized spacial score (nSPS) is 23.3. The topological polar surface area (TPSA) is 41.1 Å². The number of aromatic nitrogens is 2. The third kappa shape index (κ3) is 3.12. The molecule has 1 aliphatic carbocycles. The third-order valence-corrected chi connectivity index (χ3v) is 3.86. The van der Waals surface area contributed by atoms with Crippen LogP contribution in [0.3, 0.4) is 0 Å². The molecule has 0 bridgehead atoms. The van der Waals surface area contributed by atoms with Crippen molar-refractivity contribution in [2.24, 2.45) is 5.92 Å². The molecule has 1 saturated heterocycles. The summed E-state index contributed by atoms with van der Waals surface area (Å²) in [6.45, 7) is 3.24. The van der Waals surface area contributed by atoms with Gasteiger partial charge in [0.15, 0.2) is 0 Å². The molecule has 2 aliphatic rings. The first kappa shape index (κ1) is 12.2. The van der Waals surface area contributed by atoms with E-state index in [1.807, 2.05) is 0 Å². The van der Waals surface area contributed by atoms with Crippen LogP contribution in [0, 0.1) is 5.92 Å². The van der Waals surface area contributed by atoms with Gasteiger partial charge in [-0.05, 0) is 38.1 Å². The van der Waals surface area contributed by atoms with Gasteiger partial charge >= 0.3 is 0 Å². The molecule has 2 heterocycles. The number of halogens is 1. The number of rotatable bonds is 5. The van der Waals surface area contributed by atoms with Crippen molar-refractivity contribution in [1.29, 1.82) is 0 Å². The zero-order valence-electron chi connectivity index (χ0n) is 10.5. The van der Waals surface area contributed by atoms with Gasteiger partial charge in [-0.3, -0.25) is 0 Å². The molecule has 1 aliphatic heterocycles. The Bertz CT molecular complexity index is 384. The Balaban J connectivity index is 1.68. The SMILES string of the molecule is Clc1cnc(N(CC2CC2)CC2CCCN2)nc1. The number of hydrogen-bond donors (Lipinski definition) is 1. The van der Waals surface area contributed by atoms with Crippen LogP contribution in [0.25, 0.3) is 0 Å². The average molecular weight is 267 g/mol. The molecule has 1 unspecified atom stereocenters. The van der Waals surface area contributed by atoms with E-state index in [1.54, 1.807) is 12.4 Å². The number of nitrogens with zero attached hydrogens (tertiary/aromatic N) is 3. The summed E-state index contributed by atoms with van der Waals surface area (Å²) in [5.41, 5.74) is 0. The van der Waals surface area contributed by atoms with Gasteiger partial charge in [0, 0.05) is 19.1 Å². The second-order valence-corrected chi connectivity index (χ2v) is 5.78. The van der Waals surface area contributed by atoms with E-state index in [0.717, 1.165) is 31.5 Å². The van der Waals surface area contributed by atoms with Crippen molar-refractivity contribution in [3.8, 4) is 0 Å². The van der Waals surface area contributed by atoms with Crippen molar-refractivity contribution < 1.29 is 0 Å². The minimum absolute atomic E-state index is 0.586. The summed E-state index contributed by atoms with van der Waals surface area (Å²) in [7, 11) is 0. The first-order valence-electron chi connectivity index (χ1n) is 6.77. The fourth-order valence-corrected chi connectivity index (χ4v) is 2.59. The molecule has 0 spiro atoms. The van der Waals surface area contributed by atoms with E-state index in [-0.39, 0.29) is 0 Å². The lowest BCUT2D eigenvalue weighted by molar-refractivity contribution is 0.563. The van der Waals surface area contributed by atoms with Crippen molar-refractivity contribution in [1.82, 2.24) is 15.3 Å². The fraction of sp³-hybridized carbons (Fsp3) is 0.692. The van der Waals surface area contributed by atoms with Crippen LogP contribution in [0.15, 0.2) is 12.4 Å². The van der Waals surface area contributed by atoms with Crippen LogP contribution >= 0.6 is 11.6 Å². The van der Waals surface area contributed by atoms with E-state index in [1.165, 1.54) is 25.7 Å². The van der Waals surface area contributed by atoms with Gasteiger partial charge in [0.2, 0.25) is 5.95 Å². The highest BCUT2D eigenvalue weighted by Crippen LogP contribution is 2.31. The average Bonchev–Trinajstić information content (AvgIpc) is 3.04. The molecule has 2 fully saturated rings. The van der Waals surface area contributed by atoms with Crippen molar-refractivity contribution >= 4 is 17.5 Å². The molecule has 0 amide bonds. The summed E-state index contributed by atoms with van der Waals surface area (Å²) >= 11 is 5.85. The van der Waals surface area contributed by atoms with Crippen LogP contribution in [-0.2, 0) is 0 Å². The Kier molecular flexibility index (Phi) is 3.66. The second-order valence-electron chi connectivity index (χ2n) is 5.34. The molecule has 1 saturated carbocycles. The molecule has 1 aromatic rings. The van der Waals surface area contributed by atoms with Crippen molar-refractivity contribution in [2.45, 2.75) is 31.7 Å². The summed E-state index contributed by atoms with van der Waals surface area (Å²) in [4.78, 5) is 11.0. The van der Waals surface area contributed by atoms with Crippen molar-refractivity contribution in [3.05, 3.63) is 17.4 Å². The second kappa shape index (κ2) is 5.41. The lowest BCUT2D eigenvalue weighted by atomic mass is 10.2. The maximum atomic E-state index is 5.85. The largest absolute Gasteiger partial charge is 0.339 e. The van der Waals surface area contributed by atoms with E-state index in [0.29, 0.717) is 11.1 Å². The summed E-state index contributed by atoms with van der Waals surface area (Å²) in [5.74, 6) is 1.66. The Hall–Kier alpha value is -0.870. The molecular weight excluding hydrogens is 248 g/mol. The van der Waals surface area contributed by atoms with Gasteiger partial charge in [0.05, 0.1) is 17.4 Å². The van der Waals surface area contributed by atoms with Gasteiger partial charge in [0.1, 0.15) is 0 Å². The molecule has 0 aromatic carbocycles. The van der Waals surface area contributed by atoms with E-state index in [4.69, 9.17) is 11.6 Å². The van der Waals surface area contributed by atoms with E-state index >= 15 is 0 Å². The Morgan fingerprint density at radius 1 is 1.22 bits per heavy atom. The van der Waals surface area contributed by atoms with Gasteiger partial charge in [-0.25, -0.2) is 9.97 Å². The van der Waals surface area contributed by atoms with E-state index in [9.17, 15) is 0 Å². The molecule has 5 heteroatoms. The Morgan fingerprint density at radius 3 is 2.61 bits per heavy atom. The molecule has 98 valence electrons. The van der Waals surface area contributed by atoms with Crippen LogP contribution in [0.2, 0.25) is 5.02 Å². The molecule has 1 atom stereocenters. The lowest BCUT2D eigenvalue weighted by Crippen LogP contribution is -2.39. The predicted octanol–water partition coefficient (Wildman–Crippen LogP) is 2.10. The number of hydrogen-bond acceptors (Lipinski definition) is 4. The highest BCUT2D eigenvalue weighted by atomic mass is 35.5. The minimum Gasteiger partial charge on any atom is -0.339 e. The monoisotopic (exact) mass is 266 g/mol. The number of nitrogens with one attached hydrogen (secondary N) is 1. The summed E-state index contributed by atoms with van der Waals surface area (Å²) in [5, 5.41) is 4.14. The summed E-state index contributed by atoms with van der Waals surface area (Å²) < 4.78 is 0. The standard InChI is InChI=1S/C13H19ClN4/c14-11-6-16-13(17-7-11)18(8-10-3-4-10)9-12-2-1-5-15-12/h6-7,10,12,15H,1-5,8-9H2. The van der Waals surface area contributed by atoms with Crippen molar-refractivity contribution in [3.63, 3.8) is 0 Å². The summed E-state index contributed by atoms with van der Waals surface area (Å²) in [6, 6.07) is 0.586. The van der Waals surface area contributed by atoms with Crippen LogP contribution in [-0.4, -0.2) is 35.6 Å². The molecule has 3 rings (SSSR count). The Labute approximate surface area is 113 Å². The quantitative estimate of drug-likeness (QED) is 0.886. The zero-order chi connectivity index (χ0) is 12.4. The van der Waals surface area contributed by atoms with Gasteiger partial charge in [-0.15, -0.1) is 0 Å². The van der Waals surface area contributed by atoms with Gasteiger partial charge in [-0.2, -0.15) is 0 Å². The van der Waals surface area contributed by atoms with E-state index < -0.39 is 0 Å². The molecule has 1 N–H and O–H groups in total. The van der Waals surface area contributed by atoms with Crippen LogP contribution < -0.4 is 10.2 Å². The van der Waals surface area contributed by atoms with Crippen LogP contribution in [0.4, 0.5) is 5.95 Å². The summed E-state index contributed by atoms with van der Waals surface area (Å²) in [6.07, 6.45) is 8.61. The smallest absolute Gasteiger partial charge is 0.225 e. The minimum atomic E-state index is 0.586. The molecule has 4 nitrogen and oxygen atoms in total. The van der Waals surface area contributed by atoms with Crippen molar-refractivity contribution in [2.75, 3.05) is 24.5 Å². The molecule has 18 heavy (non-hydrogen) atoms. The molecular formula is C13H19ClN4. The maximum absolute atomic E-state index is 5.85. The third-order valence-electron chi connectivity index (χ3n) is 3.67.